The van der Waals surface area contributed by atoms with Crippen LogP contribution in [0.2, 0.25) is 5.02 Å². The van der Waals surface area contributed by atoms with Crippen LogP contribution in [-0.2, 0) is 13.1 Å². The van der Waals surface area contributed by atoms with E-state index in [2.05, 4.69) is 34.7 Å². The number of hydrogen-bond acceptors (Lipinski definition) is 4. The molecule has 0 amide bonds. The Morgan fingerprint density at radius 1 is 1.33 bits per heavy atom. The third-order valence-electron chi connectivity index (χ3n) is 3.23. The zero-order chi connectivity index (χ0) is 14.7. The summed E-state index contributed by atoms with van der Waals surface area (Å²) in [7, 11) is 0. The van der Waals surface area contributed by atoms with Gasteiger partial charge in [-0.25, -0.2) is 4.68 Å². The molecule has 0 aliphatic rings. The van der Waals surface area contributed by atoms with Crippen LogP contribution in [0.15, 0.2) is 30.5 Å². The molecule has 1 aromatic carbocycles. The Hall–Kier alpha value is -1.43. The molecular formula is C15H17ClN4S. The van der Waals surface area contributed by atoms with Gasteiger partial charge >= 0.3 is 0 Å². The van der Waals surface area contributed by atoms with E-state index in [-0.39, 0.29) is 0 Å². The first kappa shape index (κ1) is 14.5. The van der Waals surface area contributed by atoms with Crippen LogP contribution in [-0.4, -0.2) is 21.5 Å². The number of nitrogens with one attached hydrogen (secondary N) is 1. The molecule has 0 saturated heterocycles. The Kier molecular flexibility index (Phi) is 4.53. The zero-order valence-corrected chi connectivity index (χ0v) is 13.4. The molecule has 0 saturated carbocycles. The average Bonchev–Trinajstić information content (AvgIpc) is 3.06. The maximum absolute atomic E-state index is 6.45. The van der Waals surface area contributed by atoms with E-state index in [9.17, 15) is 0 Å². The lowest BCUT2D eigenvalue weighted by atomic mass is 10.2. The SMILES string of the molecule is CCCNCc1cn(Cc2sc3ccccc3c2Cl)nn1. The Morgan fingerprint density at radius 2 is 2.19 bits per heavy atom. The van der Waals surface area contributed by atoms with Crippen molar-refractivity contribution < 1.29 is 0 Å². The minimum atomic E-state index is 0.666. The van der Waals surface area contributed by atoms with Crippen molar-refractivity contribution in [3.8, 4) is 0 Å². The van der Waals surface area contributed by atoms with E-state index >= 15 is 0 Å². The highest BCUT2D eigenvalue weighted by molar-refractivity contribution is 7.19. The number of aromatic nitrogens is 3. The lowest BCUT2D eigenvalue weighted by Crippen LogP contribution is -2.13. The third-order valence-corrected chi connectivity index (χ3v) is 4.93. The van der Waals surface area contributed by atoms with Crippen LogP contribution in [0, 0.1) is 0 Å². The van der Waals surface area contributed by atoms with Crippen LogP contribution >= 0.6 is 22.9 Å². The van der Waals surface area contributed by atoms with Crippen molar-refractivity contribution in [3.05, 3.63) is 46.1 Å². The van der Waals surface area contributed by atoms with Crippen LogP contribution in [0.4, 0.5) is 0 Å². The quantitative estimate of drug-likeness (QED) is 0.704. The second kappa shape index (κ2) is 6.56. The number of benzene rings is 1. The van der Waals surface area contributed by atoms with Crippen LogP contribution < -0.4 is 5.32 Å². The standard InChI is InChI=1S/C15H17ClN4S/c1-2-7-17-8-11-9-20(19-18-11)10-14-15(16)12-5-3-4-6-13(12)21-14/h3-6,9,17H,2,7-8,10H2,1H3. The lowest BCUT2D eigenvalue weighted by Gasteiger charge is -1.98. The number of fused-ring (bicyclic) bond motifs is 1. The van der Waals surface area contributed by atoms with Gasteiger partial charge in [0.05, 0.1) is 23.5 Å². The Morgan fingerprint density at radius 3 is 3.00 bits per heavy atom. The summed E-state index contributed by atoms with van der Waals surface area (Å²) in [4.78, 5) is 1.12. The maximum Gasteiger partial charge on any atom is 0.0964 e. The van der Waals surface area contributed by atoms with Gasteiger partial charge in [0.15, 0.2) is 0 Å². The molecule has 2 aromatic heterocycles. The number of nitrogens with zero attached hydrogens (tertiary/aromatic N) is 3. The second-order valence-electron chi connectivity index (χ2n) is 4.92. The van der Waals surface area contributed by atoms with Crippen molar-refractivity contribution in [2.45, 2.75) is 26.4 Å². The van der Waals surface area contributed by atoms with E-state index in [0.717, 1.165) is 40.5 Å². The van der Waals surface area contributed by atoms with Gasteiger partial charge in [-0.05, 0) is 19.0 Å². The molecule has 4 nitrogen and oxygen atoms in total. The van der Waals surface area contributed by atoms with Crippen LogP contribution in [0.25, 0.3) is 10.1 Å². The summed E-state index contributed by atoms with van der Waals surface area (Å²) in [6, 6.07) is 8.19. The Bertz CT molecular complexity index is 734. The fraction of sp³-hybridized carbons (Fsp3) is 0.333. The van der Waals surface area contributed by atoms with Gasteiger partial charge in [0.2, 0.25) is 0 Å². The largest absolute Gasteiger partial charge is 0.311 e. The van der Waals surface area contributed by atoms with Crippen molar-refractivity contribution in [1.29, 1.82) is 0 Å². The molecule has 0 radical (unpaired) electrons. The molecule has 0 aliphatic carbocycles. The molecule has 0 spiro atoms. The van der Waals surface area contributed by atoms with Crippen molar-refractivity contribution in [3.63, 3.8) is 0 Å². The van der Waals surface area contributed by atoms with Gasteiger partial charge in [-0.15, -0.1) is 16.4 Å². The average molecular weight is 321 g/mol. The van der Waals surface area contributed by atoms with E-state index in [4.69, 9.17) is 11.6 Å². The van der Waals surface area contributed by atoms with E-state index in [0.29, 0.717) is 6.54 Å². The molecule has 110 valence electrons. The molecule has 6 heteroatoms. The summed E-state index contributed by atoms with van der Waals surface area (Å²) in [5.74, 6) is 0. The van der Waals surface area contributed by atoms with E-state index < -0.39 is 0 Å². The first-order valence-corrected chi connectivity index (χ1v) is 8.23. The molecule has 0 atom stereocenters. The fourth-order valence-corrected chi connectivity index (χ4v) is 3.69. The van der Waals surface area contributed by atoms with Crippen molar-refractivity contribution in [2.75, 3.05) is 6.54 Å². The minimum Gasteiger partial charge on any atom is -0.311 e. The highest BCUT2D eigenvalue weighted by Crippen LogP contribution is 2.35. The van der Waals surface area contributed by atoms with Crippen LogP contribution in [0.5, 0.6) is 0 Å². The first-order valence-electron chi connectivity index (χ1n) is 7.03. The minimum absolute atomic E-state index is 0.666. The Labute approximate surface area is 132 Å². The van der Waals surface area contributed by atoms with E-state index in [1.165, 1.54) is 4.70 Å². The molecule has 0 aliphatic heterocycles. The third kappa shape index (κ3) is 3.26. The smallest absolute Gasteiger partial charge is 0.0964 e. The van der Waals surface area contributed by atoms with Gasteiger partial charge in [-0.1, -0.05) is 41.9 Å². The summed E-state index contributed by atoms with van der Waals surface area (Å²) in [6.45, 7) is 4.56. The summed E-state index contributed by atoms with van der Waals surface area (Å²) in [5.41, 5.74) is 0.959. The highest BCUT2D eigenvalue weighted by Gasteiger charge is 2.11. The van der Waals surface area contributed by atoms with Gasteiger partial charge in [0.25, 0.3) is 0 Å². The maximum atomic E-state index is 6.45. The lowest BCUT2D eigenvalue weighted by molar-refractivity contribution is 0.649. The van der Waals surface area contributed by atoms with Gasteiger partial charge in [0, 0.05) is 21.5 Å². The molecule has 1 N–H and O–H groups in total. The first-order chi connectivity index (χ1) is 10.3. The number of halogens is 1. The topological polar surface area (TPSA) is 42.7 Å². The second-order valence-corrected chi connectivity index (χ2v) is 6.43. The van der Waals surface area contributed by atoms with Crippen molar-refractivity contribution in [2.24, 2.45) is 0 Å². The number of rotatable bonds is 6. The van der Waals surface area contributed by atoms with Crippen molar-refractivity contribution >= 4 is 33.0 Å². The highest BCUT2D eigenvalue weighted by atomic mass is 35.5. The van der Waals surface area contributed by atoms with Gasteiger partial charge in [-0.2, -0.15) is 0 Å². The Balaban J connectivity index is 1.74. The van der Waals surface area contributed by atoms with Gasteiger partial charge in [-0.3, -0.25) is 0 Å². The fourth-order valence-electron chi connectivity index (χ4n) is 2.20. The van der Waals surface area contributed by atoms with Crippen LogP contribution in [0.3, 0.4) is 0 Å². The molecule has 0 unspecified atom stereocenters. The van der Waals surface area contributed by atoms with E-state index in [1.807, 2.05) is 23.0 Å². The molecule has 2 heterocycles. The molecule has 3 aromatic rings. The van der Waals surface area contributed by atoms with Gasteiger partial charge < -0.3 is 5.32 Å². The monoisotopic (exact) mass is 320 g/mol. The summed E-state index contributed by atoms with van der Waals surface area (Å²) in [6.07, 6.45) is 3.09. The normalized spacial score (nSPS) is 11.3. The molecule has 0 fully saturated rings. The zero-order valence-electron chi connectivity index (χ0n) is 11.8. The van der Waals surface area contributed by atoms with Crippen LogP contribution in [0.1, 0.15) is 23.9 Å². The van der Waals surface area contributed by atoms with Gasteiger partial charge in [0.1, 0.15) is 0 Å². The summed E-state index contributed by atoms with van der Waals surface area (Å²) >= 11 is 8.17. The predicted octanol–water partition coefficient (Wildman–Crippen LogP) is 3.69. The number of hydrogen-bond donors (Lipinski definition) is 1. The van der Waals surface area contributed by atoms with Crippen molar-refractivity contribution in [1.82, 2.24) is 20.3 Å². The molecule has 3 rings (SSSR count). The predicted molar refractivity (Wildman–Crippen MR) is 88.0 cm³/mol. The summed E-state index contributed by atoms with van der Waals surface area (Å²) < 4.78 is 3.06. The summed E-state index contributed by atoms with van der Waals surface area (Å²) in [5, 5.41) is 13.6. The molecule has 21 heavy (non-hydrogen) atoms. The number of thiophene rings is 1. The van der Waals surface area contributed by atoms with E-state index in [1.54, 1.807) is 11.3 Å². The molecular weight excluding hydrogens is 304 g/mol. The molecule has 0 bridgehead atoms.